The molecule has 0 unspecified atom stereocenters. The molecular weight excluding hydrogens is 543 g/mol. The number of carbonyl (C=O) groups is 1. The molecule has 0 saturated carbocycles. The molecule has 1 aliphatic heterocycles. The summed E-state index contributed by atoms with van der Waals surface area (Å²) >= 11 is 16.5. The fraction of sp³-hybridized carbons (Fsp3) is 0.0400. The average Bonchev–Trinajstić information content (AvgIpc) is 3.27. The number of anilines is 1. The van der Waals surface area contributed by atoms with Crippen LogP contribution in [0.2, 0.25) is 5.02 Å². The summed E-state index contributed by atoms with van der Waals surface area (Å²) in [6.45, 7) is 0.277. The van der Waals surface area contributed by atoms with E-state index in [1.807, 2.05) is 65.4 Å². The zero-order valence-corrected chi connectivity index (χ0v) is 20.9. The first-order valence-electron chi connectivity index (χ1n) is 9.96. The Labute approximate surface area is 213 Å². The Morgan fingerprint density at radius 3 is 2.67 bits per heavy atom. The summed E-state index contributed by atoms with van der Waals surface area (Å²) in [5, 5.41) is 1.34. The molecule has 5 rings (SSSR count). The first-order chi connectivity index (χ1) is 15.9. The van der Waals surface area contributed by atoms with Crippen molar-refractivity contribution >= 4 is 84.4 Å². The molecule has 0 N–H and O–H groups in total. The number of fused-ring (bicyclic) bond motifs is 1. The fourth-order valence-electron chi connectivity index (χ4n) is 3.82. The maximum absolute atomic E-state index is 14.4. The van der Waals surface area contributed by atoms with E-state index in [1.54, 1.807) is 12.1 Å². The third-order valence-corrected chi connectivity index (χ3v) is 7.51. The molecule has 1 amide bonds. The largest absolute Gasteiger partial charge is 0.342 e. The van der Waals surface area contributed by atoms with E-state index in [-0.39, 0.29) is 18.3 Å². The normalized spacial score (nSPS) is 15.2. The molecule has 0 atom stereocenters. The molecule has 2 heterocycles. The highest BCUT2D eigenvalue weighted by Crippen LogP contribution is 2.38. The van der Waals surface area contributed by atoms with Gasteiger partial charge in [-0.2, -0.15) is 0 Å². The molecule has 3 nitrogen and oxygen atoms in total. The number of thiocarbonyl (C=S) groups is 1. The van der Waals surface area contributed by atoms with Gasteiger partial charge in [0.15, 0.2) is 4.32 Å². The predicted octanol–water partition coefficient (Wildman–Crippen LogP) is 7.65. The van der Waals surface area contributed by atoms with Gasteiger partial charge in [0.05, 0.1) is 17.1 Å². The summed E-state index contributed by atoms with van der Waals surface area (Å²) in [5.41, 5.74) is 2.91. The van der Waals surface area contributed by atoms with Gasteiger partial charge in [-0.1, -0.05) is 81.8 Å². The second-order valence-electron chi connectivity index (χ2n) is 7.43. The van der Waals surface area contributed by atoms with Crippen LogP contribution in [-0.4, -0.2) is 14.8 Å². The Kier molecular flexibility index (Phi) is 6.14. The first kappa shape index (κ1) is 22.3. The quantitative estimate of drug-likeness (QED) is 0.190. The number of rotatable bonds is 4. The van der Waals surface area contributed by atoms with Crippen LogP contribution in [0.3, 0.4) is 0 Å². The molecule has 0 radical (unpaired) electrons. The van der Waals surface area contributed by atoms with Crippen molar-refractivity contribution in [3.05, 3.63) is 104 Å². The van der Waals surface area contributed by atoms with Gasteiger partial charge in [0.25, 0.3) is 5.91 Å². The van der Waals surface area contributed by atoms with Gasteiger partial charge in [-0.15, -0.1) is 0 Å². The van der Waals surface area contributed by atoms with E-state index in [4.69, 9.17) is 23.8 Å². The molecule has 3 aromatic carbocycles. The van der Waals surface area contributed by atoms with Gasteiger partial charge >= 0.3 is 0 Å². The maximum atomic E-state index is 14.4. The lowest BCUT2D eigenvalue weighted by molar-refractivity contribution is -0.113. The van der Waals surface area contributed by atoms with Crippen molar-refractivity contribution in [3.8, 4) is 0 Å². The van der Waals surface area contributed by atoms with Crippen molar-refractivity contribution in [1.82, 2.24) is 4.57 Å². The Morgan fingerprint density at radius 1 is 1.09 bits per heavy atom. The van der Waals surface area contributed by atoms with Gasteiger partial charge in [0, 0.05) is 37.7 Å². The summed E-state index contributed by atoms with van der Waals surface area (Å²) < 4.78 is 17.7. The van der Waals surface area contributed by atoms with Gasteiger partial charge in [-0.25, -0.2) is 4.39 Å². The number of benzene rings is 3. The highest BCUT2D eigenvalue weighted by Gasteiger charge is 2.33. The average molecular weight is 558 g/mol. The minimum absolute atomic E-state index is 0.169. The standard InChI is InChI=1S/C25H15BrClFN2OS2/c26-16-5-3-6-17(12-16)30-24(31)23(33-25(30)32)11-15-13-29(22-10-2-1-7-18(15)22)14-19-20(27)8-4-9-21(19)28/h1-13H,14H2/b23-11+. The molecule has 1 aromatic heterocycles. The first-order valence-corrected chi connectivity index (χ1v) is 12.4. The van der Waals surface area contributed by atoms with Crippen LogP contribution in [0.25, 0.3) is 17.0 Å². The highest BCUT2D eigenvalue weighted by molar-refractivity contribution is 9.10. The maximum Gasteiger partial charge on any atom is 0.270 e. The molecule has 164 valence electrons. The van der Waals surface area contributed by atoms with Crippen LogP contribution < -0.4 is 4.90 Å². The van der Waals surface area contributed by atoms with E-state index in [2.05, 4.69) is 15.9 Å². The molecule has 33 heavy (non-hydrogen) atoms. The minimum atomic E-state index is -0.350. The lowest BCUT2D eigenvalue weighted by Gasteiger charge is -2.14. The number of thioether (sulfide) groups is 1. The van der Waals surface area contributed by atoms with Crippen molar-refractivity contribution in [3.63, 3.8) is 0 Å². The number of nitrogens with zero attached hydrogens (tertiary/aromatic N) is 2. The van der Waals surface area contributed by atoms with Crippen LogP contribution in [-0.2, 0) is 11.3 Å². The molecule has 1 aliphatic rings. The molecule has 0 bridgehead atoms. The lowest BCUT2D eigenvalue weighted by Crippen LogP contribution is -2.27. The minimum Gasteiger partial charge on any atom is -0.342 e. The molecule has 4 aromatic rings. The van der Waals surface area contributed by atoms with E-state index in [0.717, 1.165) is 20.9 Å². The lowest BCUT2D eigenvalue weighted by atomic mass is 10.1. The van der Waals surface area contributed by atoms with Crippen molar-refractivity contribution in [2.45, 2.75) is 6.54 Å². The monoisotopic (exact) mass is 556 g/mol. The van der Waals surface area contributed by atoms with Crippen molar-refractivity contribution in [2.75, 3.05) is 4.90 Å². The second kappa shape index (κ2) is 9.06. The van der Waals surface area contributed by atoms with Crippen LogP contribution in [0.1, 0.15) is 11.1 Å². The van der Waals surface area contributed by atoms with Crippen LogP contribution in [0, 0.1) is 5.82 Å². The smallest absolute Gasteiger partial charge is 0.270 e. The summed E-state index contributed by atoms with van der Waals surface area (Å²) in [7, 11) is 0. The molecule has 1 saturated heterocycles. The topological polar surface area (TPSA) is 25.2 Å². The summed E-state index contributed by atoms with van der Waals surface area (Å²) in [6.07, 6.45) is 3.76. The Hall–Kier alpha value is -2.45. The fourth-order valence-corrected chi connectivity index (χ4v) is 5.72. The van der Waals surface area contributed by atoms with Gasteiger partial charge in [0.1, 0.15) is 5.82 Å². The highest BCUT2D eigenvalue weighted by atomic mass is 79.9. The van der Waals surface area contributed by atoms with Crippen LogP contribution in [0.4, 0.5) is 10.1 Å². The van der Waals surface area contributed by atoms with E-state index in [1.165, 1.54) is 22.7 Å². The molecule has 1 fully saturated rings. The number of hydrogen-bond acceptors (Lipinski definition) is 3. The van der Waals surface area contributed by atoms with E-state index < -0.39 is 0 Å². The van der Waals surface area contributed by atoms with Crippen molar-refractivity contribution in [2.24, 2.45) is 0 Å². The number of hydrogen-bond donors (Lipinski definition) is 0. The van der Waals surface area contributed by atoms with Crippen molar-refractivity contribution in [1.29, 1.82) is 0 Å². The zero-order chi connectivity index (χ0) is 23.1. The molecular formula is C25H15BrClFN2OS2. The molecule has 8 heteroatoms. The number of aromatic nitrogens is 1. The number of para-hydroxylation sites is 1. The van der Waals surface area contributed by atoms with Gasteiger partial charge in [-0.05, 0) is 42.5 Å². The van der Waals surface area contributed by atoms with E-state index in [0.29, 0.717) is 25.5 Å². The van der Waals surface area contributed by atoms with Gasteiger partial charge in [-0.3, -0.25) is 9.69 Å². The molecule has 0 spiro atoms. The van der Waals surface area contributed by atoms with E-state index in [9.17, 15) is 9.18 Å². The third kappa shape index (κ3) is 4.26. The molecule has 0 aliphatic carbocycles. The van der Waals surface area contributed by atoms with Gasteiger partial charge < -0.3 is 4.57 Å². The van der Waals surface area contributed by atoms with E-state index >= 15 is 0 Å². The van der Waals surface area contributed by atoms with Crippen LogP contribution in [0.5, 0.6) is 0 Å². The van der Waals surface area contributed by atoms with Gasteiger partial charge in [0.2, 0.25) is 0 Å². The Bertz CT molecular complexity index is 1450. The SMILES string of the molecule is O=C1/C(=C\c2cn(Cc3c(F)cccc3Cl)c3ccccc23)SC(=S)N1c1cccc(Br)c1. The Morgan fingerprint density at radius 2 is 1.88 bits per heavy atom. The second-order valence-corrected chi connectivity index (χ2v) is 10.4. The van der Waals surface area contributed by atoms with Crippen molar-refractivity contribution < 1.29 is 9.18 Å². The predicted molar refractivity (Wildman–Crippen MR) is 142 cm³/mol. The number of carbonyl (C=O) groups excluding carboxylic acids is 1. The zero-order valence-electron chi connectivity index (χ0n) is 17.0. The number of halogens is 3. The summed E-state index contributed by atoms with van der Waals surface area (Å²) in [5.74, 6) is -0.520. The number of amides is 1. The Balaban J connectivity index is 1.55. The summed E-state index contributed by atoms with van der Waals surface area (Å²) in [4.78, 5) is 15.3. The van der Waals surface area contributed by atoms with Crippen LogP contribution in [0.15, 0.2) is 82.3 Å². The third-order valence-electron chi connectivity index (χ3n) is 5.36. The summed E-state index contributed by atoms with van der Waals surface area (Å²) in [6, 6.07) is 20.0. The van der Waals surface area contributed by atoms with Crippen LogP contribution >= 0.6 is 51.5 Å².